The van der Waals surface area contributed by atoms with Gasteiger partial charge in [-0.05, 0) is 25.1 Å². The summed E-state index contributed by atoms with van der Waals surface area (Å²) in [4.78, 5) is 12.2. The highest BCUT2D eigenvalue weighted by molar-refractivity contribution is 6.35. The van der Waals surface area contributed by atoms with Gasteiger partial charge in [0.05, 0.1) is 11.9 Å². The van der Waals surface area contributed by atoms with Gasteiger partial charge in [0, 0.05) is 22.3 Å². The Balaban J connectivity index is 2.15. The normalized spacial score (nSPS) is 12.2. The monoisotopic (exact) mass is 313 g/mol. The summed E-state index contributed by atoms with van der Waals surface area (Å²) in [6.45, 7) is 1.96. The molecule has 2 rings (SSSR count). The van der Waals surface area contributed by atoms with E-state index >= 15 is 0 Å². The average molecular weight is 314 g/mol. The third kappa shape index (κ3) is 3.27. The van der Waals surface area contributed by atoms with Crippen LogP contribution in [0.2, 0.25) is 10.0 Å². The molecule has 1 aromatic heterocycles. The number of hydrogen-bond donors (Lipinski definition) is 2. The molecule has 1 unspecified atom stereocenters. The lowest BCUT2D eigenvalue weighted by Gasteiger charge is -2.14. The Morgan fingerprint density at radius 3 is 2.65 bits per heavy atom. The Morgan fingerprint density at radius 2 is 2.05 bits per heavy atom. The van der Waals surface area contributed by atoms with Gasteiger partial charge in [-0.2, -0.15) is 0 Å². The van der Waals surface area contributed by atoms with Crippen LogP contribution in [-0.2, 0) is 11.3 Å². The molecule has 0 spiro atoms. The highest BCUT2D eigenvalue weighted by atomic mass is 35.5. The summed E-state index contributed by atoms with van der Waals surface area (Å²) in [6, 6.07) is 4.27. The van der Waals surface area contributed by atoms with Crippen molar-refractivity contribution >= 4 is 34.8 Å². The molecule has 0 saturated carbocycles. The second-order valence-electron chi connectivity index (χ2n) is 4.20. The predicted molar refractivity (Wildman–Crippen MR) is 77.7 cm³/mol. The van der Waals surface area contributed by atoms with Gasteiger partial charge in [-0.15, -0.1) is 5.10 Å². The van der Waals surface area contributed by atoms with E-state index in [1.54, 1.807) is 25.1 Å². The molecule has 8 heteroatoms. The first-order valence-electron chi connectivity index (χ1n) is 5.87. The van der Waals surface area contributed by atoms with Crippen molar-refractivity contribution in [1.29, 1.82) is 0 Å². The van der Waals surface area contributed by atoms with E-state index in [2.05, 4.69) is 15.6 Å². The Kier molecular flexibility index (Phi) is 4.59. The molecule has 1 heterocycles. The summed E-state index contributed by atoms with van der Waals surface area (Å²) in [5.41, 5.74) is 6.76. The Morgan fingerprint density at radius 1 is 1.40 bits per heavy atom. The third-order valence-electron chi connectivity index (χ3n) is 2.73. The smallest absolute Gasteiger partial charge is 0.249 e. The number of carbonyl (C=O) groups is 1. The molecule has 0 aliphatic rings. The number of halogens is 2. The van der Waals surface area contributed by atoms with E-state index < -0.39 is 6.04 Å². The van der Waals surface area contributed by atoms with Crippen LogP contribution in [0.4, 0.5) is 5.69 Å². The number of rotatable bonds is 4. The molecular weight excluding hydrogens is 301 g/mol. The summed E-state index contributed by atoms with van der Waals surface area (Å²) < 4.78 is 1.47. The van der Waals surface area contributed by atoms with Gasteiger partial charge in [-0.3, -0.25) is 4.79 Å². The van der Waals surface area contributed by atoms with Crippen LogP contribution in [0.5, 0.6) is 0 Å². The molecule has 6 nitrogen and oxygen atoms in total. The van der Waals surface area contributed by atoms with Crippen LogP contribution in [0.3, 0.4) is 0 Å². The molecule has 1 atom stereocenters. The molecule has 1 amide bonds. The first-order valence-corrected chi connectivity index (χ1v) is 6.63. The molecule has 106 valence electrons. The predicted octanol–water partition coefficient (Wildman–Crippen LogP) is 2.24. The van der Waals surface area contributed by atoms with E-state index in [4.69, 9.17) is 28.9 Å². The van der Waals surface area contributed by atoms with E-state index in [0.29, 0.717) is 21.4 Å². The van der Waals surface area contributed by atoms with Gasteiger partial charge in [0.15, 0.2) is 0 Å². The van der Waals surface area contributed by atoms with Crippen molar-refractivity contribution in [1.82, 2.24) is 15.0 Å². The number of hydrogen-bond acceptors (Lipinski definition) is 4. The molecule has 2 aromatic rings. The minimum atomic E-state index is -0.547. The fourth-order valence-electron chi connectivity index (χ4n) is 1.72. The Bertz CT molecular complexity index is 608. The Labute approximate surface area is 125 Å². The largest absolute Gasteiger partial charge is 0.325 e. The van der Waals surface area contributed by atoms with E-state index in [1.807, 2.05) is 0 Å². The van der Waals surface area contributed by atoms with Crippen molar-refractivity contribution < 1.29 is 4.79 Å². The average Bonchev–Trinajstić information content (AvgIpc) is 2.84. The van der Waals surface area contributed by atoms with Crippen LogP contribution < -0.4 is 11.1 Å². The minimum absolute atomic E-state index is 0.258. The van der Waals surface area contributed by atoms with E-state index in [1.165, 1.54) is 10.9 Å². The van der Waals surface area contributed by atoms with Gasteiger partial charge >= 0.3 is 0 Å². The lowest BCUT2D eigenvalue weighted by atomic mass is 10.2. The summed E-state index contributed by atoms with van der Waals surface area (Å²) in [5.74, 6) is -0.261. The molecule has 20 heavy (non-hydrogen) atoms. The van der Waals surface area contributed by atoms with Crippen LogP contribution in [0, 0.1) is 0 Å². The van der Waals surface area contributed by atoms with Gasteiger partial charge in [0.2, 0.25) is 5.91 Å². The van der Waals surface area contributed by atoms with E-state index in [-0.39, 0.29) is 12.5 Å². The first-order chi connectivity index (χ1) is 9.51. The van der Waals surface area contributed by atoms with Crippen molar-refractivity contribution in [3.8, 4) is 0 Å². The van der Waals surface area contributed by atoms with Crippen LogP contribution in [-0.4, -0.2) is 20.9 Å². The maximum Gasteiger partial charge on any atom is 0.249 e. The highest BCUT2D eigenvalue weighted by Crippen LogP contribution is 2.23. The molecular formula is C12H13Cl2N5O. The van der Waals surface area contributed by atoms with Crippen molar-refractivity contribution in [2.45, 2.75) is 19.5 Å². The quantitative estimate of drug-likeness (QED) is 0.906. The van der Waals surface area contributed by atoms with E-state index in [0.717, 1.165) is 0 Å². The van der Waals surface area contributed by atoms with Crippen molar-refractivity contribution in [2.24, 2.45) is 5.73 Å². The SMILES string of the molecule is CC(C(=O)Nc1cc(Cl)cc(Cl)c1)n1nncc1CN. The standard InChI is InChI=1S/C12H13Cl2N5O/c1-7(19-11(5-15)6-16-18-19)12(20)17-10-3-8(13)2-9(14)4-10/h2-4,6-7H,5,15H2,1H3,(H,17,20). The first kappa shape index (κ1) is 14.8. The number of carbonyl (C=O) groups excluding carboxylic acids is 1. The number of benzene rings is 1. The molecule has 0 aliphatic heterocycles. The van der Waals surface area contributed by atoms with Crippen LogP contribution >= 0.6 is 23.2 Å². The second-order valence-corrected chi connectivity index (χ2v) is 5.07. The Hall–Kier alpha value is -1.63. The molecule has 0 aliphatic carbocycles. The van der Waals surface area contributed by atoms with Crippen molar-refractivity contribution in [2.75, 3.05) is 5.32 Å². The fraction of sp³-hybridized carbons (Fsp3) is 0.250. The molecule has 3 N–H and O–H groups in total. The molecule has 0 fully saturated rings. The minimum Gasteiger partial charge on any atom is -0.325 e. The van der Waals surface area contributed by atoms with Crippen LogP contribution in [0.15, 0.2) is 24.4 Å². The summed E-state index contributed by atoms with van der Waals surface area (Å²) in [5, 5.41) is 11.2. The summed E-state index contributed by atoms with van der Waals surface area (Å²) in [7, 11) is 0. The van der Waals surface area contributed by atoms with E-state index in [9.17, 15) is 4.79 Å². The van der Waals surface area contributed by atoms with Gasteiger partial charge < -0.3 is 11.1 Å². The lowest BCUT2D eigenvalue weighted by Crippen LogP contribution is -2.26. The molecule has 1 aromatic carbocycles. The number of nitrogens with one attached hydrogen (secondary N) is 1. The fourth-order valence-corrected chi connectivity index (χ4v) is 2.25. The van der Waals surface area contributed by atoms with Gasteiger partial charge in [-0.25, -0.2) is 4.68 Å². The topological polar surface area (TPSA) is 85.8 Å². The third-order valence-corrected chi connectivity index (χ3v) is 3.17. The molecule has 0 bridgehead atoms. The second kappa shape index (κ2) is 6.21. The molecule has 0 saturated heterocycles. The summed E-state index contributed by atoms with van der Waals surface area (Å²) in [6.07, 6.45) is 1.53. The number of aromatic nitrogens is 3. The zero-order valence-corrected chi connectivity index (χ0v) is 12.2. The number of nitrogens with two attached hydrogens (primary N) is 1. The van der Waals surface area contributed by atoms with Gasteiger partial charge in [0.1, 0.15) is 6.04 Å². The van der Waals surface area contributed by atoms with Crippen LogP contribution in [0.1, 0.15) is 18.7 Å². The maximum atomic E-state index is 12.2. The summed E-state index contributed by atoms with van der Waals surface area (Å²) >= 11 is 11.8. The van der Waals surface area contributed by atoms with Crippen molar-refractivity contribution in [3.05, 3.63) is 40.1 Å². The number of amides is 1. The zero-order valence-electron chi connectivity index (χ0n) is 10.7. The lowest BCUT2D eigenvalue weighted by molar-refractivity contribution is -0.119. The highest BCUT2D eigenvalue weighted by Gasteiger charge is 2.18. The molecule has 0 radical (unpaired) electrons. The van der Waals surface area contributed by atoms with Gasteiger partial charge in [0.25, 0.3) is 0 Å². The maximum absolute atomic E-state index is 12.2. The van der Waals surface area contributed by atoms with Crippen molar-refractivity contribution in [3.63, 3.8) is 0 Å². The number of anilines is 1. The van der Waals surface area contributed by atoms with Crippen LogP contribution in [0.25, 0.3) is 0 Å². The zero-order chi connectivity index (χ0) is 14.7. The van der Waals surface area contributed by atoms with Gasteiger partial charge in [-0.1, -0.05) is 28.4 Å². The number of nitrogens with zero attached hydrogens (tertiary/aromatic N) is 3.